The van der Waals surface area contributed by atoms with Crippen LogP contribution in [-0.4, -0.2) is 30.0 Å². The number of hydrogen-bond acceptors (Lipinski definition) is 5. The number of nitro groups is 1. The highest BCUT2D eigenvalue weighted by Gasteiger charge is 2.16. The zero-order valence-corrected chi connectivity index (χ0v) is 14.4. The molecule has 7 heteroatoms. The highest BCUT2D eigenvalue weighted by Crippen LogP contribution is 2.19. The number of carbonyl (C=O) groups excluding carboxylic acids is 2. The van der Waals surface area contributed by atoms with Crippen molar-refractivity contribution in [3.63, 3.8) is 0 Å². The van der Waals surface area contributed by atoms with E-state index < -0.39 is 23.4 Å². The first kappa shape index (κ1) is 19.1. The van der Waals surface area contributed by atoms with Crippen molar-refractivity contribution in [2.75, 3.05) is 13.2 Å². The van der Waals surface area contributed by atoms with Crippen LogP contribution < -0.4 is 5.32 Å². The Labute approximate surface area is 151 Å². The Kier molecular flexibility index (Phi) is 6.84. The van der Waals surface area contributed by atoms with E-state index in [0.717, 1.165) is 18.9 Å². The Morgan fingerprint density at radius 1 is 1.15 bits per heavy atom. The van der Waals surface area contributed by atoms with Gasteiger partial charge in [-0.25, -0.2) is 4.79 Å². The fourth-order valence-corrected chi connectivity index (χ4v) is 2.36. The van der Waals surface area contributed by atoms with Gasteiger partial charge in [0.15, 0.2) is 6.61 Å². The predicted molar refractivity (Wildman–Crippen MR) is 95.9 cm³/mol. The maximum Gasteiger partial charge on any atom is 0.338 e. The van der Waals surface area contributed by atoms with E-state index in [2.05, 4.69) is 5.32 Å². The average Bonchev–Trinajstić information content (AvgIpc) is 2.64. The van der Waals surface area contributed by atoms with Crippen molar-refractivity contribution in [1.29, 1.82) is 0 Å². The number of nitrogens with zero attached hydrogens (tertiary/aromatic N) is 1. The number of ether oxygens (including phenoxy) is 1. The second kappa shape index (κ2) is 9.31. The summed E-state index contributed by atoms with van der Waals surface area (Å²) in [6.07, 6.45) is 1.61. The topological polar surface area (TPSA) is 98.5 Å². The quantitative estimate of drug-likeness (QED) is 0.339. The van der Waals surface area contributed by atoms with Crippen LogP contribution in [0.25, 0.3) is 0 Å². The van der Waals surface area contributed by atoms with E-state index in [1.54, 1.807) is 6.92 Å². The molecule has 0 aliphatic carbocycles. The highest BCUT2D eigenvalue weighted by molar-refractivity contribution is 5.92. The molecule has 0 saturated carbocycles. The van der Waals surface area contributed by atoms with Crippen LogP contribution in [-0.2, 0) is 16.0 Å². The molecule has 2 rings (SSSR count). The van der Waals surface area contributed by atoms with Crippen molar-refractivity contribution in [1.82, 2.24) is 5.32 Å². The van der Waals surface area contributed by atoms with Crippen molar-refractivity contribution < 1.29 is 19.2 Å². The lowest BCUT2D eigenvalue weighted by atomic mass is 10.1. The molecule has 0 spiro atoms. The lowest BCUT2D eigenvalue weighted by Gasteiger charge is -2.07. The fourth-order valence-electron chi connectivity index (χ4n) is 2.36. The minimum atomic E-state index is -0.771. The van der Waals surface area contributed by atoms with Gasteiger partial charge in [0.25, 0.3) is 11.6 Å². The van der Waals surface area contributed by atoms with Crippen molar-refractivity contribution in [3.05, 3.63) is 75.3 Å². The summed E-state index contributed by atoms with van der Waals surface area (Å²) in [7, 11) is 0. The van der Waals surface area contributed by atoms with E-state index in [0.29, 0.717) is 12.1 Å². The minimum absolute atomic E-state index is 0.0409. The molecule has 0 bridgehead atoms. The maximum atomic E-state index is 11.9. The van der Waals surface area contributed by atoms with Gasteiger partial charge in [0, 0.05) is 18.2 Å². The summed E-state index contributed by atoms with van der Waals surface area (Å²) in [5, 5.41) is 13.6. The van der Waals surface area contributed by atoms with Crippen LogP contribution in [0.3, 0.4) is 0 Å². The third kappa shape index (κ3) is 5.70. The Morgan fingerprint density at radius 3 is 2.58 bits per heavy atom. The second-order valence-electron chi connectivity index (χ2n) is 5.77. The summed E-state index contributed by atoms with van der Waals surface area (Å²) in [5.74, 6) is -1.18. The summed E-state index contributed by atoms with van der Waals surface area (Å²) in [4.78, 5) is 34.0. The Balaban J connectivity index is 1.74. The summed E-state index contributed by atoms with van der Waals surface area (Å²) >= 11 is 0. The normalized spacial score (nSPS) is 10.2. The van der Waals surface area contributed by atoms with Gasteiger partial charge in [-0.1, -0.05) is 36.4 Å². The molecular weight excluding hydrogens is 336 g/mol. The van der Waals surface area contributed by atoms with Crippen molar-refractivity contribution in [3.8, 4) is 0 Å². The smallest absolute Gasteiger partial charge is 0.338 e. The summed E-state index contributed by atoms with van der Waals surface area (Å²) < 4.78 is 4.91. The van der Waals surface area contributed by atoms with E-state index in [9.17, 15) is 19.7 Å². The third-order valence-corrected chi connectivity index (χ3v) is 3.78. The molecule has 0 aliphatic rings. The van der Waals surface area contributed by atoms with Gasteiger partial charge in [0.05, 0.1) is 10.5 Å². The molecule has 0 heterocycles. The van der Waals surface area contributed by atoms with E-state index in [4.69, 9.17) is 4.74 Å². The molecule has 0 atom stereocenters. The predicted octanol–water partition coefficient (Wildman–Crippen LogP) is 2.81. The largest absolute Gasteiger partial charge is 0.452 e. The number of aryl methyl sites for hydroxylation is 2. The van der Waals surface area contributed by atoms with Gasteiger partial charge in [-0.2, -0.15) is 0 Å². The van der Waals surface area contributed by atoms with Crippen LogP contribution in [0.2, 0.25) is 0 Å². The molecule has 136 valence electrons. The van der Waals surface area contributed by atoms with E-state index in [1.165, 1.54) is 17.7 Å². The number of nitrogens with one attached hydrogen (secondary N) is 1. The van der Waals surface area contributed by atoms with Crippen LogP contribution in [0.1, 0.15) is 27.9 Å². The molecule has 0 radical (unpaired) electrons. The van der Waals surface area contributed by atoms with Gasteiger partial charge in [-0.05, 0) is 31.4 Å². The van der Waals surface area contributed by atoms with Crippen LogP contribution in [0.5, 0.6) is 0 Å². The lowest BCUT2D eigenvalue weighted by Crippen LogP contribution is -2.29. The number of carbonyl (C=O) groups is 2. The van der Waals surface area contributed by atoms with Crippen molar-refractivity contribution in [2.45, 2.75) is 19.8 Å². The Bertz CT molecular complexity index is 790. The molecule has 0 aliphatic heterocycles. The molecule has 0 aromatic heterocycles. The van der Waals surface area contributed by atoms with Gasteiger partial charge in [-0.3, -0.25) is 14.9 Å². The number of esters is 1. The summed E-state index contributed by atoms with van der Waals surface area (Å²) in [6.45, 7) is 1.63. The molecule has 1 amide bonds. The number of rotatable bonds is 8. The number of benzene rings is 2. The van der Waals surface area contributed by atoms with Crippen LogP contribution >= 0.6 is 0 Å². The van der Waals surface area contributed by atoms with Gasteiger partial charge >= 0.3 is 5.97 Å². The van der Waals surface area contributed by atoms with Crippen LogP contribution in [0, 0.1) is 17.0 Å². The van der Waals surface area contributed by atoms with E-state index >= 15 is 0 Å². The molecule has 26 heavy (non-hydrogen) atoms. The first-order chi connectivity index (χ1) is 12.5. The number of nitro benzene ring substituents is 1. The molecule has 1 N–H and O–H groups in total. The average molecular weight is 356 g/mol. The first-order valence-electron chi connectivity index (χ1n) is 8.20. The highest BCUT2D eigenvalue weighted by atomic mass is 16.6. The van der Waals surface area contributed by atoms with Gasteiger partial charge in [-0.15, -0.1) is 0 Å². The number of amides is 1. The Hall–Kier alpha value is -3.22. The van der Waals surface area contributed by atoms with E-state index in [-0.39, 0.29) is 11.3 Å². The monoisotopic (exact) mass is 356 g/mol. The molecule has 0 fully saturated rings. The first-order valence-corrected chi connectivity index (χ1v) is 8.20. The fraction of sp³-hybridized carbons (Fsp3) is 0.263. The van der Waals surface area contributed by atoms with Gasteiger partial charge < -0.3 is 10.1 Å². The van der Waals surface area contributed by atoms with Crippen molar-refractivity contribution in [2.24, 2.45) is 0 Å². The molecule has 2 aromatic carbocycles. The standard InChI is InChI=1S/C19H20N2O5/c1-14-9-10-16(12-17(14)21(24)25)19(23)26-13-18(22)20-11-5-8-15-6-3-2-4-7-15/h2-4,6-7,9-10,12H,5,8,11,13H2,1H3,(H,20,22). The van der Waals surface area contributed by atoms with E-state index in [1.807, 2.05) is 30.3 Å². The zero-order chi connectivity index (χ0) is 18.9. The third-order valence-electron chi connectivity index (χ3n) is 3.78. The SMILES string of the molecule is Cc1ccc(C(=O)OCC(=O)NCCCc2ccccc2)cc1[N+](=O)[O-]. The molecule has 0 saturated heterocycles. The van der Waals surface area contributed by atoms with Crippen LogP contribution in [0.15, 0.2) is 48.5 Å². The summed E-state index contributed by atoms with van der Waals surface area (Å²) in [5.41, 5.74) is 1.51. The minimum Gasteiger partial charge on any atom is -0.452 e. The molecule has 0 unspecified atom stereocenters. The molecule has 2 aromatic rings. The lowest BCUT2D eigenvalue weighted by molar-refractivity contribution is -0.385. The molecule has 7 nitrogen and oxygen atoms in total. The maximum absolute atomic E-state index is 11.9. The van der Waals surface area contributed by atoms with Crippen LogP contribution in [0.4, 0.5) is 5.69 Å². The van der Waals surface area contributed by atoms with Gasteiger partial charge in [0.1, 0.15) is 0 Å². The Morgan fingerprint density at radius 2 is 1.88 bits per heavy atom. The second-order valence-corrected chi connectivity index (χ2v) is 5.77. The zero-order valence-electron chi connectivity index (χ0n) is 14.4. The van der Waals surface area contributed by atoms with Crippen molar-refractivity contribution >= 4 is 17.6 Å². The van der Waals surface area contributed by atoms with Gasteiger partial charge in [0.2, 0.25) is 0 Å². The summed E-state index contributed by atoms with van der Waals surface area (Å²) in [6, 6.07) is 14.0. The molecular formula is C19H20N2O5. The number of hydrogen-bond donors (Lipinski definition) is 1.